The summed E-state index contributed by atoms with van der Waals surface area (Å²) in [5.41, 5.74) is 11.6. The van der Waals surface area contributed by atoms with Crippen molar-refractivity contribution in [3.05, 3.63) is 0 Å². The summed E-state index contributed by atoms with van der Waals surface area (Å²) in [6.45, 7) is 11.1. The van der Waals surface area contributed by atoms with E-state index in [2.05, 4.69) is 26.9 Å². The van der Waals surface area contributed by atoms with Gasteiger partial charge >= 0.3 is 0 Å². The Bertz CT molecular complexity index is 262. The second-order valence-electron chi connectivity index (χ2n) is 6.94. The van der Waals surface area contributed by atoms with Gasteiger partial charge in [-0.1, -0.05) is 18.1 Å². The van der Waals surface area contributed by atoms with E-state index in [4.69, 9.17) is 15.9 Å². The second kappa shape index (κ2) is 6.18. The molecule has 0 saturated carbocycles. The Balaban J connectivity index is 2.86. The average Bonchev–Trinajstić information content (AvgIpc) is 2.25. The van der Waals surface area contributed by atoms with E-state index in [-0.39, 0.29) is 5.60 Å². The molecule has 1 aliphatic heterocycles. The fourth-order valence-corrected chi connectivity index (χ4v) is 19.0. The highest BCUT2D eigenvalue weighted by Gasteiger charge is 2.54. The Labute approximate surface area is 115 Å². The normalized spacial score (nSPS) is 25.0. The van der Waals surface area contributed by atoms with Crippen molar-refractivity contribution in [3.8, 4) is 0 Å². The molecule has 0 amide bonds. The van der Waals surface area contributed by atoms with E-state index in [1.165, 1.54) is 37.4 Å². The van der Waals surface area contributed by atoms with Gasteiger partial charge in [0.1, 0.15) is 0 Å². The average molecular weight is 289 g/mol. The number of nitrogens with two attached hydrogens (primary N) is 2. The van der Waals surface area contributed by atoms with Crippen LogP contribution in [0, 0.1) is 0 Å². The first-order valence-corrected chi connectivity index (χ1v) is 13.9. The lowest BCUT2D eigenvalue weighted by molar-refractivity contribution is 0.0927. The second-order valence-corrected chi connectivity index (χ2v) is 21.0. The maximum atomic E-state index is 6.59. The minimum atomic E-state index is -1.55. The lowest BCUT2D eigenvalue weighted by atomic mass is 10.1. The molecular weight excluding hydrogens is 256 g/mol. The van der Waals surface area contributed by atoms with Gasteiger partial charge in [0.2, 0.25) is 0 Å². The van der Waals surface area contributed by atoms with Gasteiger partial charge < -0.3 is 15.9 Å². The molecule has 0 aromatic carbocycles. The summed E-state index contributed by atoms with van der Waals surface area (Å²) in [5, 5.41) is 0. The van der Waals surface area contributed by atoms with Crippen LogP contribution in [0.15, 0.2) is 0 Å². The monoisotopic (exact) mass is 288 g/mol. The van der Waals surface area contributed by atoms with E-state index in [1.54, 1.807) is 0 Å². The Hall–Kier alpha value is 0.314. The van der Waals surface area contributed by atoms with Gasteiger partial charge in [-0.25, -0.2) is 0 Å². The van der Waals surface area contributed by atoms with Crippen molar-refractivity contribution in [2.45, 2.75) is 69.9 Å². The summed E-state index contributed by atoms with van der Waals surface area (Å²) < 4.78 is 6.59. The first-order valence-electron chi connectivity index (χ1n) is 7.39. The van der Waals surface area contributed by atoms with Gasteiger partial charge in [0.05, 0.1) is 13.2 Å². The fraction of sp³-hybridized carbons (Fsp3) is 1.00. The summed E-state index contributed by atoms with van der Waals surface area (Å²) in [5.74, 6) is 0. The maximum absolute atomic E-state index is 6.59. The van der Waals surface area contributed by atoms with Crippen molar-refractivity contribution in [2.24, 2.45) is 11.5 Å². The molecule has 108 valence electrons. The highest BCUT2D eigenvalue weighted by Crippen LogP contribution is 2.44. The van der Waals surface area contributed by atoms with Crippen LogP contribution in [0.2, 0.25) is 31.2 Å². The van der Waals surface area contributed by atoms with Crippen LogP contribution in [-0.4, -0.2) is 34.1 Å². The number of rotatable bonds is 6. The van der Waals surface area contributed by atoms with E-state index in [9.17, 15) is 0 Å². The predicted octanol–water partition coefficient (Wildman–Crippen LogP) is 2.62. The van der Waals surface area contributed by atoms with Crippen molar-refractivity contribution in [2.75, 3.05) is 13.1 Å². The minimum Gasteiger partial charge on any atom is -0.415 e. The molecule has 0 aromatic heterocycles. The van der Waals surface area contributed by atoms with Crippen LogP contribution in [0.1, 0.15) is 33.1 Å². The summed E-state index contributed by atoms with van der Waals surface area (Å²) in [6, 6.07) is 4.15. The Morgan fingerprint density at radius 3 is 1.94 bits per heavy atom. The van der Waals surface area contributed by atoms with Gasteiger partial charge in [0, 0.05) is 0 Å². The molecule has 3 nitrogen and oxygen atoms in total. The van der Waals surface area contributed by atoms with Gasteiger partial charge in [-0.3, -0.25) is 0 Å². The first kappa shape index (κ1) is 16.4. The topological polar surface area (TPSA) is 61.3 Å². The molecule has 0 atom stereocenters. The third-order valence-electron chi connectivity index (χ3n) is 4.73. The van der Waals surface area contributed by atoms with E-state index < -0.39 is 15.4 Å². The SMILES string of the molecule is CC1(C)CC[Si](CCCN)(CCCN)[Si](C)(C)O1. The highest BCUT2D eigenvalue weighted by atomic mass is 29.3. The standard InChI is InChI=1S/C13H32N2OSi2/c1-13(2)7-12-18(10-5-8-14,11-6-9-15)17(3,4)16-13/h5-12,14-15H2,1-4H3. The van der Waals surface area contributed by atoms with E-state index in [0.29, 0.717) is 0 Å². The molecule has 0 aromatic rings. The van der Waals surface area contributed by atoms with E-state index in [0.717, 1.165) is 13.1 Å². The van der Waals surface area contributed by atoms with Crippen LogP contribution >= 0.6 is 0 Å². The molecular formula is C13H32N2OSi2. The third-order valence-corrected chi connectivity index (χ3v) is 22.4. The zero-order valence-corrected chi connectivity index (χ0v) is 14.7. The lowest BCUT2D eigenvalue weighted by Gasteiger charge is -2.53. The van der Waals surface area contributed by atoms with Crippen molar-refractivity contribution in [3.63, 3.8) is 0 Å². The molecule has 5 heteroatoms. The van der Waals surface area contributed by atoms with Crippen molar-refractivity contribution in [1.82, 2.24) is 0 Å². The molecule has 4 N–H and O–H groups in total. The third kappa shape index (κ3) is 3.66. The van der Waals surface area contributed by atoms with Crippen LogP contribution < -0.4 is 11.5 Å². The molecule has 0 spiro atoms. The van der Waals surface area contributed by atoms with Gasteiger partial charge in [0.25, 0.3) is 0 Å². The van der Waals surface area contributed by atoms with Gasteiger partial charge in [-0.05, 0) is 59.3 Å². The van der Waals surface area contributed by atoms with Crippen molar-refractivity contribution < 1.29 is 4.43 Å². The Kier molecular flexibility index (Phi) is 5.62. The summed E-state index contributed by atoms with van der Waals surface area (Å²) in [4.78, 5) is 0. The maximum Gasteiger partial charge on any atom is 0.175 e. The molecule has 0 aliphatic carbocycles. The van der Waals surface area contributed by atoms with Gasteiger partial charge in [-0.2, -0.15) is 0 Å². The highest BCUT2D eigenvalue weighted by molar-refractivity contribution is 7.39. The summed E-state index contributed by atoms with van der Waals surface area (Å²) in [6.07, 6.45) is 3.58. The molecule has 1 heterocycles. The van der Waals surface area contributed by atoms with E-state index in [1.807, 2.05) is 0 Å². The zero-order valence-electron chi connectivity index (χ0n) is 12.7. The molecule has 0 unspecified atom stereocenters. The Morgan fingerprint density at radius 1 is 1.06 bits per heavy atom. The number of hydrogen-bond acceptors (Lipinski definition) is 3. The molecule has 1 fully saturated rings. The smallest absolute Gasteiger partial charge is 0.175 e. The van der Waals surface area contributed by atoms with Crippen LogP contribution in [0.25, 0.3) is 0 Å². The summed E-state index contributed by atoms with van der Waals surface area (Å²) >= 11 is 0. The van der Waals surface area contributed by atoms with Crippen molar-refractivity contribution in [1.29, 1.82) is 0 Å². The minimum absolute atomic E-state index is 0.0949. The molecule has 0 radical (unpaired) electrons. The Morgan fingerprint density at radius 2 is 1.56 bits per heavy atom. The lowest BCUT2D eigenvalue weighted by Crippen LogP contribution is -2.67. The largest absolute Gasteiger partial charge is 0.415 e. The quantitative estimate of drug-likeness (QED) is 0.739. The van der Waals surface area contributed by atoms with Crippen LogP contribution in [0.5, 0.6) is 0 Å². The first-order chi connectivity index (χ1) is 8.29. The number of hydrogen-bond donors (Lipinski definition) is 2. The van der Waals surface area contributed by atoms with Crippen LogP contribution in [0.3, 0.4) is 0 Å². The van der Waals surface area contributed by atoms with Crippen molar-refractivity contribution >= 4 is 15.4 Å². The molecule has 0 bridgehead atoms. The molecule has 18 heavy (non-hydrogen) atoms. The van der Waals surface area contributed by atoms with Gasteiger partial charge in [0.15, 0.2) is 7.83 Å². The fourth-order valence-electron chi connectivity index (χ4n) is 3.55. The van der Waals surface area contributed by atoms with Crippen LogP contribution in [-0.2, 0) is 4.43 Å². The van der Waals surface area contributed by atoms with Gasteiger partial charge in [-0.15, -0.1) is 0 Å². The predicted molar refractivity (Wildman–Crippen MR) is 84.8 cm³/mol. The molecule has 1 saturated heterocycles. The summed E-state index contributed by atoms with van der Waals surface area (Å²) in [7, 11) is -2.84. The molecule has 1 rings (SSSR count). The zero-order chi connectivity index (χ0) is 13.9. The molecule has 1 aliphatic rings. The van der Waals surface area contributed by atoms with E-state index >= 15 is 0 Å². The van der Waals surface area contributed by atoms with Crippen LogP contribution in [0.4, 0.5) is 0 Å².